The van der Waals surface area contributed by atoms with E-state index in [1.165, 1.54) is 7.11 Å². The number of nitrogens with one attached hydrogen (secondary N) is 1. The van der Waals surface area contributed by atoms with Crippen molar-refractivity contribution in [2.75, 3.05) is 7.11 Å². The van der Waals surface area contributed by atoms with Gasteiger partial charge in [0.2, 0.25) is 0 Å². The molecule has 0 saturated carbocycles. The summed E-state index contributed by atoms with van der Waals surface area (Å²) in [4.78, 5) is 11.3. The molecule has 1 aromatic carbocycles. The number of ether oxygens (including phenoxy) is 1. The molecule has 0 bridgehead atoms. The van der Waals surface area contributed by atoms with Crippen LogP contribution in [0.25, 0.3) is 0 Å². The van der Waals surface area contributed by atoms with E-state index in [2.05, 4.69) is 35.2 Å². The van der Waals surface area contributed by atoms with Crippen molar-refractivity contribution in [1.29, 1.82) is 0 Å². The summed E-state index contributed by atoms with van der Waals surface area (Å²) >= 11 is 0. The highest BCUT2D eigenvalue weighted by atomic mass is 16.5. The van der Waals surface area contributed by atoms with Crippen LogP contribution in [0.3, 0.4) is 0 Å². The van der Waals surface area contributed by atoms with Gasteiger partial charge in [-0.3, -0.25) is 0 Å². The molecule has 1 aromatic rings. The molecule has 3 nitrogen and oxygen atoms in total. The van der Waals surface area contributed by atoms with Gasteiger partial charge in [-0.2, -0.15) is 0 Å². The van der Waals surface area contributed by atoms with Crippen molar-refractivity contribution >= 4 is 5.97 Å². The van der Waals surface area contributed by atoms with Crippen LogP contribution >= 0.6 is 0 Å². The highest BCUT2D eigenvalue weighted by Gasteiger charge is 2.05. The van der Waals surface area contributed by atoms with E-state index in [0.717, 1.165) is 24.2 Å². The number of methoxy groups -OCH3 is 1. The number of carbonyl (C=O) groups excluding carboxylic acids is 1. The van der Waals surface area contributed by atoms with Crippen molar-refractivity contribution in [2.24, 2.45) is 5.92 Å². The molecule has 0 aromatic heterocycles. The maximum Gasteiger partial charge on any atom is 0.337 e. The van der Waals surface area contributed by atoms with Crippen LogP contribution in [0.1, 0.15) is 29.3 Å². The summed E-state index contributed by atoms with van der Waals surface area (Å²) in [5, 5.41) is 3.39. The third kappa shape index (κ3) is 3.71. The smallest absolute Gasteiger partial charge is 0.337 e. The molecule has 0 aliphatic heterocycles. The Bertz CT molecular complexity index is 500. The summed E-state index contributed by atoms with van der Waals surface area (Å²) in [5.41, 5.74) is 2.88. The van der Waals surface area contributed by atoms with E-state index in [4.69, 9.17) is 0 Å². The maximum atomic E-state index is 11.3. The van der Waals surface area contributed by atoms with Crippen LogP contribution in [0.2, 0.25) is 0 Å². The molecule has 19 heavy (non-hydrogen) atoms. The zero-order valence-electron chi connectivity index (χ0n) is 11.3. The standard InChI is InChI=1S/C16H19NO2/c1-12-4-3-5-15(10-12)17-11-13-6-8-14(9-7-13)16(18)19-2/h3,5-10,12,17H,4,11H2,1-2H3. The zero-order valence-corrected chi connectivity index (χ0v) is 11.3. The van der Waals surface area contributed by atoms with Gasteiger partial charge in [0, 0.05) is 12.2 Å². The third-order valence-electron chi connectivity index (χ3n) is 3.14. The molecule has 1 atom stereocenters. The molecule has 1 aliphatic carbocycles. The molecule has 0 fully saturated rings. The monoisotopic (exact) mass is 257 g/mol. The maximum absolute atomic E-state index is 11.3. The fourth-order valence-electron chi connectivity index (χ4n) is 2.04. The fraction of sp³-hybridized carbons (Fsp3) is 0.312. The van der Waals surface area contributed by atoms with Crippen molar-refractivity contribution in [3.05, 3.63) is 59.3 Å². The van der Waals surface area contributed by atoms with Gasteiger partial charge in [0.05, 0.1) is 12.7 Å². The van der Waals surface area contributed by atoms with E-state index in [1.54, 1.807) is 12.1 Å². The average Bonchev–Trinajstić information content (AvgIpc) is 2.45. The number of hydrogen-bond acceptors (Lipinski definition) is 3. The number of esters is 1. The Kier molecular flexibility index (Phi) is 4.39. The summed E-state index contributed by atoms with van der Waals surface area (Å²) in [6.07, 6.45) is 7.65. The van der Waals surface area contributed by atoms with Crippen molar-refractivity contribution in [2.45, 2.75) is 19.9 Å². The lowest BCUT2D eigenvalue weighted by Gasteiger charge is -2.14. The quantitative estimate of drug-likeness (QED) is 0.842. The average molecular weight is 257 g/mol. The highest BCUT2D eigenvalue weighted by Crippen LogP contribution is 2.14. The minimum absolute atomic E-state index is 0.300. The molecule has 0 saturated heterocycles. The minimum Gasteiger partial charge on any atom is -0.465 e. The van der Waals surface area contributed by atoms with Crippen LogP contribution in [0.5, 0.6) is 0 Å². The third-order valence-corrected chi connectivity index (χ3v) is 3.14. The molecule has 1 N–H and O–H groups in total. The molecule has 0 heterocycles. The summed E-state index contributed by atoms with van der Waals surface area (Å²) in [5.74, 6) is 0.292. The van der Waals surface area contributed by atoms with Crippen molar-refractivity contribution in [1.82, 2.24) is 5.32 Å². The van der Waals surface area contributed by atoms with Crippen LogP contribution in [-0.2, 0) is 11.3 Å². The van der Waals surface area contributed by atoms with Crippen LogP contribution in [0.15, 0.2) is 48.2 Å². The Morgan fingerprint density at radius 1 is 1.37 bits per heavy atom. The van der Waals surface area contributed by atoms with E-state index in [0.29, 0.717) is 11.5 Å². The second kappa shape index (κ2) is 6.23. The van der Waals surface area contributed by atoms with Gasteiger partial charge < -0.3 is 10.1 Å². The van der Waals surface area contributed by atoms with Crippen LogP contribution in [0.4, 0.5) is 0 Å². The number of benzene rings is 1. The molecule has 100 valence electrons. The second-order valence-electron chi connectivity index (χ2n) is 4.78. The SMILES string of the molecule is COC(=O)c1ccc(CNC2=CC(C)CC=C2)cc1. The minimum atomic E-state index is -0.300. The van der Waals surface area contributed by atoms with Crippen LogP contribution < -0.4 is 5.32 Å². The molecular formula is C16H19NO2. The van der Waals surface area contributed by atoms with Gasteiger partial charge >= 0.3 is 5.97 Å². The number of carbonyl (C=O) groups is 1. The Balaban J connectivity index is 1.93. The second-order valence-corrected chi connectivity index (χ2v) is 4.78. The lowest BCUT2D eigenvalue weighted by atomic mass is 10.0. The van der Waals surface area contributed by atoms with Gasteiger partial charge in [-0.25, -0.2) is 4.79 Å². The van der Waals surface area contributed by atoms with Crippen molar-refractivity contribution in [3.8, 4) is 0 Å². The van der Waals surface area contributed by atoms with Crippen molar-refractivity contribution in [3.63, 3.8) is 0 Å². The number of allylic oxidation sites excluding steroid dienone is 3. The summed E-state index contributed by atoms with van der Waals surface area (Å²) in [7, 11) is 1.39. The fourth-order valence-corrected chi connectivity index (χ4v) is 2.04. The van der Waals surface area contributed by atoms with Gasteiger partial charge in [0.25, 0.3) is 0 Å². The van der Waals surface area contributed by atoms with E-state index in [9.17, 15) is 4.79 Å². The van der Waals surface area contributed by atoms with E-state index in [1.807, 2.05) is 12.1 Å². The lowest BCUT2D eigenvalue weighted by molar-refractivity contribution is 0.0600. The van der Waals surface area contributed by atoms with E-state index >= 15 is 0 Å². The highest BCUT2D eigenvalue weighted by molar-refractivity contribution is 5.89. The predicted molar refractivity (Wildman–Crippen MR) is 75.6 cm³/mol. The van der Waals surface area contributed by atoms with Gasteiger partial charge in [-0.15, -0.1) is 0 Å². The van der Waals surface area contributed by atoms with Gasteiger partial charge in [0.15, 0.2) is 0 Å². The Morgan fingerprint density at radius 2 is 2.11 bits per heavy atom. The molecule has 2 rings (SSSR count). The van der Waals surface area contributed by atoms with Gasteiger partial charge in [-0.1, -0.05) is 31.2 Å². The van der Waals surface area contributed by atoms with Crippen LogP contribution in [-0.4, -0.2) is 13.1 Å². The van der Waals surface area contributed by atoms with Gasteiger partial charge in [-0.05, 0) is 36.1 Å². The molecule has 0 radical (unpaired) electrons. The molecule has 1 aliphatic rings. The lowest BCUT2D eigenvalue weighted by Crippen LogP contribution is -2.14. The molecule has 0 spiro atoms. The molecule has 3 heteroatoms. The van der Waals surface area contributed by atoms with E-state index in [-0.39, 0.29) is 5.97 Å². The summed E-state index contributed by atoms with van der Waals surface area (Å²) in [6, 6.07) is 7.46. The molecular weight excluding hydrogens is 238 g/mol. The first-order valence-corrected chi connectivity index (χ1v) is 6.48. The topological polar surface area (TPSA) is 38.3 Å². The Labute approximate surface area is 114 Å². The first-order chi connectivity index (χ1) is 9.19. The Morgan fingerprint density at radius 3 is 2.74 bits per heavy atom. The van der Waals surface area contributed by atoms with E-state index < -0.39 is 0 Å². The number of rotatable bonds is 4. The summed E-state index contributed by atoms with van der Waals surface area (Å²) in [6.45, 7) is 2.96. The number of hydrogen-bond donors (Lipinski definition) is 1. The Hall–Kier alpha value is -2.03. The first kappa shape index (κ1) is 13.4. The molecule has 1 unspecified atom stereocenters. The molecule has 0 amide bonds. The summed E-state index contributed by atoms with van der Waals surface area (Å²) < 4.78 is 4.67. The van der Waals surface area contributed by atoms with Crippen molar-refractivity contribution < 1.29 is 9.53 Å². The first-order valence-electron chi connectivity index (χ1n) is 6.48. The predicted octanol–water partition coefficient (Wildman–Crippen LogP) is 3.04. The zero-order chi connectivity index (χ0) is 13.7. The normalized spacial score (nSPS) is 17.8. The van der Waals surface area contributed by atoms with Gasteiger partial charge in [0.1, 0.15) is 0 Å². The van der Waals surface area contributed by atoms with Crippen LogP contribution in [0, 0.1) is 5.92 Å². The largest absolute Gasteiger partial charge is 0.465 e.